The smallest absolute Gasteiger partial charge is 0.342 e. The van der Waals surface area contributed by atoms with Crippen molar-refractivity contribution in [2.75, 3.05) is 0 Å². The first kappa shape index (κ1) is 13.0. The first-order valence-corrected chi connectivity index (χ1v) is 5.85. The minimum Gasteiger partial charge on any atom is -0.477 e. The standard InChI is InChI=1S/C10H8N4O4S/c1-13-10(11-5-12-13)19-7-4-2-3-6(9(15)16)8(7)14(17)18/h2-5H,1H3,(H,15,16). The summed E-state index contributed by atoms with van der Waals surface area (Å²) in [7, 11) is 1.64. The van der Waals surface area contributed by atoms with Crippen LogP contribution in [0.4, 0.5) is 5.69 Å². The maximum atomic E-state index is 11.0. The molecule has 0 radical (unpaired) electrons. The Kier molecular flexibility index (Phi) is 3.47. The molecule has 1 heterocycles. The predicted molar refractivity (Wildman–Crippen MR) is 65.2 cm³/mol. The number of nitrogens with zero attached hydrogens (tertiary/aromatic N) is 4. The van der Waals surface area contributed by atoms with E-state index in [1.165, 1.54) is 29.2 Å². The Morgan fingerprint density at radius 3 is 2.79 bits per heavy atom. The normalized spacial score (nSPS) is 10.4. The van der Waals surface area contributed by atoms with Gasteiger partial charge in [0, 0.05) is 7.05 Å². The number of para-hydroxylation sites is 1. The van der Waals surface area contributed by atoms with Gasteiger partial charge in [-0.3, -0.25) is 10.1 Å². The number of nitro groups is 1. The van der Waals surface area contributed by atoms with Gasteiger partial charge in [-0.25, -0.2) is 14.5 Å². The van der Waals surface area contributed by atoms with Crippen molar-refractivity contribution >= 4 is 23.4 Å². The molecular formula is C10H8N4O4S. The number of carboxylic acid groups (broad SMARTS) is 1. The van der Waals surface area contributed by atoms with E-state index in [0.29, 0.717) is 5.16 Å². The van der Waals surface area contributed by atoms with Crippen LogP contribution in [-0.2, 0) is 7.05 Å². The molecule has 0 saturated carbocycles. The lowest BCUT2D eigenvalue weighted by molar-refractivity contribution is -0.388. The summed E-state index contributed by atoms with van der Waals surface area (Å²) in [6.07, 6.45) is 1.31. The number of hydrogen-bond acceptors (Lipinski definition) is 6. The minimum atomic E-state index is -1.34. The largest absolute Gasteiger partial charge is 0.477 e. The van der Waals surface area contributed by atoms with Crippen LogP contribution in [0.3, 0.4) is 0 Å². The molecule has 2 rings (SSSR count). The topological polar surface area (TPSA) is 111 Å². The number of aryl methyl sites for hydroxylation is 1. The molecule has 0 aliphatic carbocycles. The number of nitro benzene ring substituents is 1. The predicted octanol–water partition coefficient (Wildman–Crippen LogP) is 1.57. The van der Waals surface area contributed by atoms with Crippen molar-refractivity contribution in [2.45, 2.75) is 10.1 Å². The highest BCUT2D eigenvalue weighted by Crippen LogP contribution is 2.35. The summed E-state index contributed by atoms with van der Waals surface area (Å²) in [6.45, 7) is 0. The molecule has 0 spiro atoms. The van der Waals surface area contributed by atoms with Gasteiger partial charge < -0.3 is 5.11 Å². The van der Waals surface area contributed by atoms with Crippen LogP contribution < -0.4 is 0 Å². The van der Waals surface area contributed by atoms with E-state index >= 15 is 0 Å². The average Bonchev–Trinajstić information content (AvgIpc) is 2.74. The lowest BCUT2D eigenvalue weighted by Crippen LogP contribution is -2.04. The van der Waals surface area contributed by atoms with Crippen molar-refractivity contribution in [3.8, 4) is 0 Å². The Morgan fingerprint density at radius 1 is 1.53 bits per heavy atom. The summed E-state index contributed by atoms with van der Waals surface area (Å²) >= 11 is 0.992. The van der Waals surface area contributed by atoms with Crippen LogP contribution in [0.15, 0.2) is 34.6 Å². The van der Waals surface area contributed by atoms with Crippen molar-refractivity contribution < 1.29 is 14.8 Å². The van der Waals surface area contributed by atoms with E-state index in [9.17, 15) is 14.9 Å². The van der Waals surface area contributed by atoms with Crippen molar-refractivity contribution in [3.63, 3.8) is 0 Å². The maximum Gasteiger partial charge on any atom is 0.342 e. The zero-order valence-corrected chi connectivity index (χ0v) is 10.5. The Balaban J connectivity index is 2.51. The van der Waals surface area contributed by atoms with Crippen LogP contribution in [-0.4, -0.2) is 30.8 Å². The summed E-state index contributed by atoms with van der Waals surface area (Å²) in [6, 6.07) is 4.13. The first-order chi connectivity index (χ1) is 9.00. The van der Waals surface area contributed by atoms with Crippen molar-refractivity contribution in [1.29, 1.82) is 0 Å². The molecule has 1 aromatic carbocycles. The fourth-order valence-corrected chi connectivity index (χ4v) is 2.35. The summed E-state index contributed by atoms with van der Waals surface area (Å²) in [4.78, 5) is 25.5. The number of carboxylic acids is 1. The lowest BCUT2D eigenvalue weighted by Gasteiger charge is -2.04. The molecule has 1 N–H and O–H groups in total. The van der Waals surface area contributed by atoms with Gasteiger partial charge in [0.25, 0.3) is 5.69 Å². The Hall–Kier alpha value is -2.42. The summed E-state index contributed by atoms with van der Waals surface area (Å²) in [5.74, 6) is -1.34. The molecule has 8 nitrogen and oxygen atoms in total. The molecule has 0 atom stereocenters. The van der Waals surface area contributed by atoms with Gasteiger partial charge in [-0.1, -0.05) is 6.07 Å². The van der Waals surface area contributed by atoms with Crippen molar-refractivity contribution in [1.82, 2.24) is 14.8 Å². The van der Waals surface area contributed by atoms with Gasteiger partial charge in [-0.05, 0) is 23.9 Å². The highest BCUT2D eigenvalue weighted by atomic mass is 32.2. The second-order valence-electron chi connectivity index (χ2n) is 3.48. The molecule has 98 valence electrons. The minimum absolute atomic E-state index is 0.209. The van der Waals surface area contributed by atoms with E-state index in [1.54, 1.807) is 7.05 Å². The zero-order chi connectivity index (χ0) is 14.0. The van der Waals surface area contributed by atoms with E-state index < -0.39 is 16.6 Å². The van der Waals surface area contributed by atoms with E-state index in [4.69, 9.17) is 5.11 Å². The monoisotopic (exact) mass is 280 g/mol. The fourth-order valence-electron chi connectivity index (χ4n) is 1.44. The van der Waals surface area contributed by atoms with Crippen LogP contribution >= 0.6 is 11.8 Å². The molecule has 1 aromatic heterocycles. The quantitative estimate of drug-likeness (QED) is 0.668. The highest BCUT2D eigenvalue weighted by Gasteiger charge is 2.25. The second kappa shape index (κ2) is 5.06. The number of hydrogen-bond donors (Lipinski definition) is 1. The third-order valence-corrected chi connectivity index (χ3v) is 3.38. The molecular weight excluding hydrogens is 272 g/mol. The molecule has 0 aliphatic heterocycles. The summed E-state index contributed by atoms with van der Waals surface area (Å²) in [5.41, 5.74) is -0.792. The van der Waals surface area contributed by atoms with Gasteiger partial charge in [-0.15, -0.1) is 0 Å². The maximum absolute atomic E-state index is 11.0. The average molecular weight is 280 g/mol. The third kappa shape index (κ3) is 2.55. The highest BCUT2D eigenvalue weighted by molar-refractivity contribution is 7.99. The van der Waals surface area contributed by atoms with Crippen molar-refractivity contribution in [3.05, 3.63) is 40.2 Å². The summed E-state index contributed by atoms with van der Waals surface area (Å²) in [5, 5.41) is 24.3. The number of benzene rings is 1. The van der Waals surface area contributed by atoms with Gasteiger partial charge in [0.15, 0.2) is 5.16 Å². The van der Waals surface area contributed by atoms with Crippen LogP contribution in [0.5, 0.6) is 0 Å². The Labute approximate surface area is 111 Å². The van der Waals surface area contributed by atoms with E-state index in [-0.39, 0.29) is 10.5 Å². The lowest BCUT2D eigenvalue weighted by atomic mass is 10.2. The van der Waals surface area contributed by atoms with Crippen LogP contribution in [0.1, 0.15) is 10.4 Å². The number of aromatic carboxylic acids is 1. The van der Waals surface area contributed by atoms with Crippen LogP contribution in [0, 0.1) is 10.1 Å². The number of aromatic nitrogens is 3. The molecule has 9 heteroatoms. The van der Waals surface area contributed by atoms with Crippen LogP contribution in [0.25, 0.3) is 0 Å². The van der Waals surface area contributed by atoms with Gasteiger partial charge in [0.2, 0.25) is 0 Å². The fraction of sp³-hybridized carbons (Fsp3) is 0.100. The molecule has 2 aromatic rings. The van der Waals surface area contributed by atoms with E-state index in [2.05, 4.69) is 10.1 Å². The summed E-state index contributed by atoms with van der Waals surface area (Å²) < 4.78 is 1.45. The number of carbonyl (C=O) groups is 1. The van der Waals surface area contributed by atoms with Crippen LogP contribution in [0.2, 0.25) is 0 Å². The zero-order valence-electron chi connectivity index (χ0n) is 9.68. The first-order valence-electron chi connectivity index (χ1n) is 5.03. The molecule has 0 bridgehead atoms. The van der Waals surface area contributed by atoms with Gasteiger partial charge >= 0.3 is 5.97 Å². The van der Waals surface area contributed by atoms with Gasteiger partial charge in [0.05, 0.1) is 9.82 Å². The molecule has 0 aliphatic rings. The van der Waals surface area contributed by atoms with Crippen molar-refractivity contribution in [2.24, 2.45) is 7.05 Å². The molecule has 19 heavy (non-hydrogen) atoms. The Morgan fingerprint density at radius 2 is 2.26 bits per heavy atom. The molecule has 0 saturated heterocycles. The second-order valence-corrected chi connectivity index (χ2v) is 4.49. The Bertz CT molecular complexity index is 655. The van der Waals surface area contributed by atoms with Gasteiger partial charge in [-0.2, -0.15) is 5.10 Å². The number of rotatable bonds is 4. The molecule has 0 unspecified atom stereocenters. The molecule has 0 amide bonds. The van der Waals surface area contributed by atoms with Gasteiger partial charge in [0.1, 0.15) is 11.9 Å². The molecule has 0 fully saturated rings. The van der Waals surface area contributed by atoms with E-state index in [1.807, 2.05) is 0 Å². The third-order valence-electron chi connectivity index (χ3n) is 2.28. The van der Waals surface area contributed by atoms with E-state index in [0.717, 1.165) is 11.8 Å². The SMILES string of the molecule is Cn1ncnc1Sc1cccc(C(=O)O)c1[N+](=O)[O-].